The Labute approximate surface area is 133 Å². The van der Waals surface area contributed by atoms with Crippen LogP contribution in [-0.4, -0.2) is 43.2 Å². The van der Waals surface area contributed by atoms with Crippen molar-refractivity contribution in [2.24, 2.45) is 5.73 Å². The lowest BCUT2D eigenvalue weighted by atomic mass is 10.1. The maximum Gasteiger partial charge on any atom is 0.247 e. The first kappa shape index (κ1) is 16.4. The number of morpholine rings is 1. The normalized spacial score (nSPS) is 23.0. The van der Waals surface area contributed by atoms with Gasteiger partial charge in [-0.25, -0.2) is 0 Å². The second-order valence-electron chi connectivity index (χ2n) is 5.11. The van der Waals surface area contributed by atoms with Gasteiger partial charge in [-0.2, -0.15) is 0 Å². The van der Waals surface area contributed by atoms with E-state index in [-0.39, 0.29) is 6.10 Å². The van der Waals surface area contributed by atoms with Crippen LogP contribution in [0.2, 0.25) is 10.0 Å². The summed E-state index contributed by atoms with van der Waals surface area (Å²) in [4.78, 5) is 13.4. The lowest BCUT2D eigenvalue weighted by Crippen LogP contribution is -2.51. The van der Waals surface area contributed by atoms with Crippen molar-refractivity contribution < 1.29 is 14.3 Å². The van der Waals surface area contributed by atoms with E-state index in [1.165, 1.54) is 0 Å². The Morgan fingerprint density at radius 2 is 2.14 bits per heavy atom. The van der Waals surface area contributed by atoms with Gasteiger partial charge in [0.2, 0.25) is 5.91 Å². The highest BCUT2D eigenvalue weighted by Crippen LogP contribution is 2.32. The van der Waals surface area contributed by atoms with Gasteiger partial charge in [-0.05, 0) is 18.6 Å². The SMILES string of the molecule is COc1cc(Cl)c(CN2C[C@@H](C)O[C@H](C(N)=O)C2)cc1Cl. The predicted octanol–water partition coefficient (Wildman–Crippen LogP) is 2.08. The van der Waals surface area contributed by atoms with E-state index in [0.29, 0.717) is 35.4 Å². The Morgan fingerprint density at radius 1 is 1.43 bits per heavy atom. The van der Waals surface area contributed by atoms with Crippen molar-refractivity contribution >= 4 is 29.1 Å². The van der Waals surface area contributed by atoms with Crippen LogP contribution in [0.4, 0.5) is 0 Å². The molecule has 1 amide bonds. The molecule has 2 atom stereocenters. The predicted molar refractivity (Wildman–Crippen MR) is 81.8 cm³/mol. The lowest BCUT2D eigenvalue weighted by Gasteiger charge is -2.35. The number of nitrogens with two attached hydrogens (primary N) is 1. The number of hydrogen-bond donors (Lipinski definition) is 1. The maximum absolute atomic E-state index is 11.3. The van der Waals surface area contributed by atoms with E-state index < -0.39 is 12.0 Å². The number of carbonyl (C=O) groups excluding carboxylic acids is 1. The van der Waals surface area contributed by atoms with Crippen molar-refractivity contribution in [2.45, 2.75) is 25.7 Å². The molecule has 2 N–H and O–H groups in total. The molecule has 1 saturated heterocycles. The topological polar surface area (TPSA) is 64.8 Å². The summed E-state index contributed by atoms with van der Waals surface area (Å²) in [5.74, 6) is 0.0844. The van der Waals surface area contributed by atoms with Gasteiger partial charge in [0, 0.05) is 30.7 Å². The molecule has 0 aliphatic carbocycles. The third kappa shape index (κ3) is 4.01. The van der Waals surface area contributed by atoms with Gasteiger partial charge in [0.15, 0.2) is 0 Å². The van der Waals surface area contributed by atoms with Gasteiger partial charge in [0.25, 0.3) is 0 Å². The molecule has 116 valence electrons. The minimum absolute atomic E-state index is 0.0660. The highest BCUT2D eigenvalue weighted by Gasteiger charge is 2.29. The zero-order chi connectivity index (χ0) is 15.6. The van der Waals surface area contributed by atoms with Crippen LogP contribution in [0.15, 0.2) is 12.1 Å². The highest BCUT2D eigenvalue weighted by molar-refractivity contribution is 6.34. The summed E-state index contributed by atoms with van der Waals surface area (Å²) < 4.78 is 10.6. The first-order valence-electron chi connectivity index (χ1n) is 6.59. The van der Waals surface area contributed by atoms with E-state index in [0.717, 1.165) is 5.56 Å². The first-order chi connectivity index (χ1) is 9.90. The van der Waals surface area contributed by atoms with E-state index in [1.807, 2.05) is 6.92 Å². The van der Waals surface area contributed by atoms with Gasteiger partial charge >= 0.3 is 0 Å². The fourth-order valence-corrected chi connectivity index (χ4v) is 2.89. The molecule has 0 spiro atoms. The Kier molecular flexibility index (Phi) is 5.32. The van der Waals surface area contributed by atoms with Crippen molar-refractivity contribution in [3.8, 4) is 5.75 Å². The molecule has 2 rings (SSSR count). The van der Waals surface area contributed by atoms with Crippen LogP contribution < -0.4 is 10.5 Å². The van der Waals surface area contributed by atoms with Crippen LogP contribution in [0, 0.1) is 0 Å². The van der Waals surface area contributed by atoms with Crippen molar-refractivity contribution in [2.75, 3.05) is 20.2 Å². The molecule has 7 heteroatoms. The van der Waals surface area contributed by atoms with Crippen molar-refractivity contribution in [1.29, 1.82) is 0 Å². The number of methoxy groups -OCH3 is 1. The molecule has 1 fully saturated rings. The number of primary amides is 1. The standard InChI is InChI=1S/C14H18Cl2N2O3/c1-8-5-18(7-13(21-8)14(17)19)6-9-3-11(16)12(20-2)4-10(9)15/h3-4,8,13H,5-7H2,1-2H3,(H2,17,19)/t8-,13+/m1/s1. The molecule has 0 aromatic heterocycles. The van der Waals surface area contributed by atoms with Crippen LogP contribution in [0.25, 0.3) is 0 Å². The number of rotatable bonds is 4. The molecular formula is C14H18Cl2N2O3. The monoisotopic (exact) mass is 332 g/mol. The molecule has 1 aromatic carbocycles. The Morgan fingerprint density at radius 3 is 2.76 bits per heavy atom. The summed E-state index contributed by atoms with van der Waals surface area (Å²) in [5.41, 5.74) is 6.20. The molecule has 0 bridgehead atoms. The lowest BCUT2D eigenvalue weighted by molar-refractivity contribution is -0.142. The highest BCUT2D eigenvalue weighted by atomic mass is 35.5. The van der Waals surface area contributed by atoms with Gasteiger partial charge in [-0.3, -0.25) is 9.69 Å². The summed E-state index contributed by atoms with van der Waals surface area (Å²) in [6.45, 7) is 3.62. The number of hydrogen-bond acceptors (Lipinski definition) is 4. The van der Waals surface area contributed by atoms with Crippen LogP contribution in [-0.2, 0) is 16.1 Å². The van der Waals surface area contributed by atoms with E-state index in [1.54, 1.807) is 19.2 Å². The zero-order valence-corrected chi connectivity index (χ0v) is 13.4. The summed E-state index contributed by atoms with van der Waals surface area (Å²) >= 11 is 12.4. The maximum atomic E-state index is 11.3. The molecule has 0 unspecified atom stereocenters. The summed E-state index contributed by atoms with van der Waals surface area (Å²) in [6, 6.07) is 3.47. The van der Waals surface area contributed by atoms with E-state index in [9.17, 15) is 4.79 Å². The quantitative estimate of drug-likeness (QED) is 0.916. The molecule has 1 aliphatic rings. The molecular weight excluding hydrogens is 315 g/mol. The van der Waals surface area contributed by atoms with Gasteiger partial charge in [-0.1, -0.05) is 23.2 Å². The molecule has 5 nitrogen and oxygen atoms in total. The van der Waals surface area contributed by atoms with Crippen LogP contribution in [0.1, 0.15) is 12.5 Å². The summed E-state index contributed by atoms with van der Waals surface area (Å²) in [7, 11) is 1.54. The molecule has 1 aromatic rings. The van der Waals surface area contributed by atoms with Gasteiger partial charge in [0.05, 0.1) is 18.2 Å². The Bertz CT molecular complexity index is 539. The minimum Gasteiger partial charge on any atom is -0.495 e. The number of ether oxygens (including phenoxy) is 2. The molecule has 1 heterocycles. The van der Waals surface area contributed by atoms with Crippen molar-refractivity contribution in [3.05, 3.63) is 27.7 Å². The molecule has 21 heavy (non-hydrogen) atoms. The van der Waals surface area contributed by atoms with E-state index in [4.69, 9.17) is 38.4 Å². The molecule has 0 radical (unpaired) electrons. The Hall–Kier alpha value is -1.01. The molecule has 0 saturated carbocycles. The van der Waals surface area contributed by atoms with Crippen LogP contribution >= 0.6 is 23.2 Å². The second kappa shape index (κ2) is 6.83. The number of benzene rings is 1. The van der Waals surface area contributed by atoms with E-state index >= 15 is 0 Å². The van der Waals surface area contributed by atoms with Crippen LogP contribution in [0.5, 0.6) is 5.75 Å². The number of amides is 1. The van der Waals surface area contributed by atoms with Gasteiger partial charge in [-0.15, -0.1) is 0 Å². The van der Waals surface area contributed by atoms with Gasteiger partial charge < -0.3 is 15.2 Å². The minimum atomic E-state index is -0.596. The largest absolute Gasteiger partial charge is 0.495 e. The third-order valence-electron chi connectivity index (χ3n) is 3.37. The third-order valence-corrected chi connectivity index (χ3v) is 4.02. The smallest absolute Gasteiger partial charge is 0.247 e. The van der Waals surface area contributed by atoms with Crippen molar-refractivity contribution in [3.63, 3.8) is 0 Å². The molecule has 1 aliphatic heterocycles. The average molecular weight is 333 g/mol. The fourth-order valence-electron chi connectivity index (χ4n) is 2.41. The average Bonchev–Trinajstić information content (AvgIpc) is 2.41. The zero-order valence-electron chi connectivity index (χ0n) is 11.9. The van der Waals surface area contributed by atoms with Crippen molar-refractivity contribution in [1.82, 2.24) is 4.90 Å². The summed E-state index contributed by atoms with van der Waals surface area (Å²) in [6.07, 6.45) is -0.662. The number of carbonyl (C=O) groups is 1. The summed E-state index contributed by atoms with van der Waals surface area (Å²) in [5, 5.41) is 1.08. The number of halogens is 2. The first-order valence-corrected chi connectivity index (χ1v) is 7.35. The number of nitrogens with zero attached hydrogens (tertiary/aromatic N) is 1. The second-order valence-corrected chi connectivity index (χ2v) is 5.92. The van der Waals surface area contributed by atoms with Gasteiger partial charge in [0.1, 0.15) is 11.9 Å². The fraction of sp³-hybridized carbons (Fsp3) is 0.500. The van der Waals surface area contributed by atoms with Crippen LogP contribution in [0.3, 0.4) is 0 Å². The van der Waals surface area contributed by atoms with E-state index in [2.05, 4.69) is 4.90 Å². The Balaban J connectivity index is 2.14.